The van der Waals surface area contributed by atoms with Gasteiger partial charge in [-0.1, -0.05) is 44.0 Å². The molecule has 21 heavy (non-hydrogen) atoms. The van der Waals surface area contributed by atoms with Gasteiger partial charge < -0.3 is 5.32 Å². The Morgan fingerprint density at radius 3 is 2.81 bits per heavy atom. The number of fused-ring (bicyclic) bond motifs is 1. The molecule has 116 valence electrons. The fourth-order valence-electron chi connectivity index (χ4n) is 4.80. The van der Waals surface area contributed by atoms with Crippen LogP contribution in [0.15, 0.2) is 24.3 Å². The predicted octanol–water partition coefficient (Wildman–Crippen LogP) is 4.91. The summed E-state index contributed by atoms with van der Waals surface area (Å²) in [6.45, 7) is 2.44. The first-order valence-corrected chi connectivity index (χ1v) is 9.03. The highest BCUT2D eigenvalue weighted by atomic mass is 14.9. The quantitative estimate of drug-likeness (QED) is 0.828. The van der Waals surface area contributed by atoms with Crippen LogP contribution in [0.1, 0.15) is 68.9 Å². The first-order chi connectivity index (χ1) is 10.3. The fraction of sp³-hybridized carbons (Fsp3) is 0.700. The van der Waals surface area contributed by atoms with Crippen molar-refractivity contribution in [3.05, 3.63) is 35.4 Å². The lowest BCUT2D eigenvalue weighted by Crippen LogP contribution is -2.37. The van der Waals surface area contributed by atoms with Gasteiger partial charge in [0.05, 0.1) is 0 Å². The number of benzene rings is 1. The summed E-state index contributed by atoms with van der Waals surface area (Å²) in [5, 5.41) is 3.67. The third kappa shape index (κ3) is 3.51. The van der Waals surface area contributed by atoms with Crippen molar-refractivity contribution in [1.29, 1.82) is 0 Å². The molecule has 2 aliphatic carbocycles. The minimum Gasteiger partial charge on any atom is -0.317 e. The molecule has 4 unspecified atom stereocenters. The summed E-state index contributed by atoms with van der Waals surface area (Å²) in [7, 11) is 2.18. The highest BCUT2D eigenvalue weighted by Crippen LogP contribution is 2.38. The SMILES string of the molecule is CNC(CC1CCCc2ccccc21)C1CCCC(C)C1. The highest BCUT2D eigenvalue weighted by molar-refractivity contribution is 5.32. The van der Waals surface area contributed by atoms with Gasteiger partial charge in [0.15, 0.2) is 0 Å². The number of rotatable bonds is 4. The first-order valence-electron chi connectivity index (χ1n) is 9.03. The van der Waals surface area contributed by atoms with E-state index in [4.69, 9.17) is 0 Å². The van der Waals surface area contributed by atoms with Crippen molar-refractivity contribution in [3.63, 3.8) is 0 Å². The van der Waals surface area contributed by atoms with E-state index in [1.165, 1.54) is 51.4 Å². The Kier molecular flexibility index (Phi) is 5.00. The van der Waals surface area contributed by atoms with E-state index in [1.807, 2.05) is 0 Å². The topological polar surface area (TPSA) is 12.0 Å². The number of hydrogen-bond acceptors (Lipinski definition) is 1. The van der Waals surface area contributed by atoms with Crippen LogP contribution in [-0.2, 0) is 6.42 Å². The smallest absolute Gasteiger partial charge is 0.00982 e. The summed E-state index contributed by atoms with van der Waals surface area (Å²) in [4.78, 5) is 0. The maximum atomic E-state index is 3.67. The third-order valence-electron chi connectivity index (χ3n) is 5.95. The van der Waals surface area contributed by atoms with Gasteiger partial charge in [0.1, 0.15) is 0 Å². The predicted molar refractivity (Wildman–Crippen MR) is 90.7 cm³/mol. The summed E-state index contributed by atoms with van der Waals surface area (Å²) in [6, 6.07) is 9.88. The van der Waals surface area contributed by atoms with Gasteiger partial charge in [-0.05, 0) is 74.5 Å². The zero-order chi connectivity index (χ0) is 14.7. The molecule has 0 aliphatic heterocycles. The molecule has 1 saturated carbocycles. The van der Waals surface area contributed by atoms with Gasteiger partial charge in [0.2, 0.25) is 0 Å². The van der Waals surface area contributed by atoms with E-state index in [1.54, 1.807) is 11.1 Å². The molecule has 1 heteroatoms. The van der Waals surface area contributed by atoms with Gasteiger partial charge in [0, 0.05) is 6.04 Å². The van der Waals surface area contributed by atoms with Crippen LogP contribution in [-0.4, -0.2) is 13.1 Å². The van der Waals surface area contributed by atoms with Gasteiger partial charge >= 0.3 is 0 Å². The molecule has 0 heterocycles. The van der Waals surface area contributed by atoms with Crippen molar-refractivity contribution in [2.75, 3.05) is 7.05 Å². The van der Waals surface area contributed by atoms with Gasteiger partial charge in [0.25, 0.3) is 0 Å². The normalized spacial score (nSPS) is 30.7. The lowest BCUT2D eigenvalue weighted by atomic mass is 9.73. The van der Waals surface area contributed by atoms with Gasteiger partial charge in [-0.25, -0.2) is 0 Å². The van der Waals surface area contributed by atoms with Crippen LogP contribution in [0.25, 0.3) is 0 Å². The van der Waals surface area contributed by atoms with Crippen LogP contribution >= 0.6 is 0 Å². The number of hydrogen-bond donors (Lipinski definition) is 1. The van der Waals surface area contributed by atoms with Gasteiger partial charge in [-0.2, -0.15) is 0 Å². The van der Waals surface area contributed by atoms with Crippen molar-refractivity contribution < 1.29 is 0 Å². The van der Waals surface area contributed by atoms with E-state index in [2.05, 4.69) is 43.6 Å². The molecular formula is C20H31N. The number of aryl methyl sites for hydroxylation is 1. The van der Waals surface area contributed by atoms with Crippen LogP contribution < -0.4 is 5.32 Å². The van der Waals surface area contributed by atoms with E-state index >= 15 is 0 Å². The van der Waals surface area contributed by atoms with Crippen LogP contribution in [0.5, 0.6) is 0 Å². The lowest BCUT2D eigenvalue weighted by molar-refractivity contribution is 0.212. The molecule has 1 aromatic rings. The second-order valence-electron chi connectivity index (χ2n) is 7.45. The lowest BCUT2D eigenvalue weighted by Gasteiger charge is -2.36. The van der Waals surface area contributed by atoms with Crippen molar-refractivity contribution in [3.8, 4) is 0 Å². The van der Waals surface area contributed by atoms with Crippen LogP contribution in [0.3, 0.4) is 0 Å². The summed E-state index contributed by atoms with van der Waals surface area (Å²) >= 11 is 0. The van der Waals surface area contributed by atoms with Crippen LogP contribution in [0, 0.1) is 11.8 Å². The molecule has 1 nitrogen and oxygen atoms in total. The van der Waals surface area contributed by atoms with Crippen molar-refractivity contribution in [2.45, 2.75) is 70.3 Å². The first kappa shape index (κ1) is 15.1. The summed E-state index contributed by atoms with van der Waals surface area (Å²) in [5.41, 5.74) is 3.26. The molecular weight excluding hydrogens is 254 g/mol. The zero-order valence-corrected chi connectivity index (χ0v) is 13.8. The molecule has 2 aliphatic rings. The van der Waals surface area contributed by atoms with E-state index in [9.17, 15) is 0 Å². The fourth-order valence-corrected chi connectivity index (χ4v) is 4.80. The standard InChI is InChI=1S/C20H31N/c1-15-7-5-11-18(13-15)20(21-2)14-17-10-6-9-16-8-3-4-12-19(16)17/h3-4,8,12,15,17-18,20-21H,5-7,9-11,13-14H2,1-2H3. The van der Waals surface area contributed by atoms with E-state index in [-0.39, 0.29) is 0 Å². The van der Waals surface area contributed by atoms with Gasteiger partial charge in [-0.3, -0.25) is 0 Å². The Hall–Kier alpha value is -0.820. The molecule has 0 saturated heterocycles. The molecule has 1 fully saturated rings. The Morgan fingerprint density at radius 1 is 1.14 bits per heavy atom. The Bertz CT molecular complexity index is 453. The molecule has 4 atom stereocenters. The Labute approximate surface area is 130 Å². The average Bonchev–Trinajstić information content (AvgIpc) is 2.52. The van der Waals surface area contributed by atoms with Crippen molar-refractivity contribution in [2.24, 2.45) is 11.8 Å². The summed E-state index contributed by atoms with van der Waals surface area (Å²) in [6.07, 6.45) is 11.1. The zero-order valence-electron chi connectivity index (χ0n) is 13.8. The Balaban J connectivity index is 1.70. The largest absolute Gasteiger partial charge is 0.317 e. The monoisotopic (exact) mass is 285 g/mol. The Morgan fingerprint density at radius 2 is 2.00 bits per heavy atom. The van der Waals surface area contributed by atoms with E-state index in [0.29, 0.717) is 6.04 Å². The van der Waals surface area contributed by atoms with Gasteiger partial charge in [-0.15, -0.1) is 0 Å². The van der Waals surface area contributed by atoms with Crippen LogP contribution in [0.2, 0.25) is 0 Å². The maximum absolute atomic E-state index is 3.67. The molecule has 0 spiro atoms. The summed E-state index contributed by atoms with van der Waals surface area (Å²) in [5.74, 6) is 2.61. The second-order valence-corrected chi connectivity index (χ2v) is 7.45. The minimum absolute atomic E-state index is 0.712. The van der Waals surface area contributed by atoms with E-state index < -0.39 is 0 Å². The highest BCUT2D eigenvalue weighted by Gasteiger charge is 2.29. The number of nitrogens with one attached hydrogen (secondary N) is 1. The van der Waals surface area contributed by atoms with Crippen molar-refractivity contribution in [1.82, 2.24) is 5.32 Å². The molecule has 0 radical (unpaired) electrons. The molecule has 3 rings (SSSR count). The third-order valence-corrected chi connectivity index (χ3v) is 5.95. The van der Waals surface area contributed by atoms with Crippen molar-refractivity contribution >= 4 is 0 Å². The van der Waals surface area contributed by atoms with E-state index in [0.717, 1.165) is 17.8 Å². The molecule has 0 bridgehead atoms. The molecule has 0 amide bonds. The molecule has 1 N–H and O–H groups in total. The average molecular weight is 285 g/mol. The minimum atomic E-state index is 0.712. The second kappa shape index (κ2) is 6.96. The molecule has 0 aromatic heterocycles. The molecule has 1 aromatic carbocycles. The van der Waals surface area contributed by atoms with Crippen LogP contribution in [0.4, 0.5) is 0 Å². The maximum Gasteiger partial charge on any atom is 0.00982 e. The summed E-state index contributed by atoms with van der Waals surface area (Å²) < 4.78 is 0.